The van der Waals surface area contributed by atoms with Gasteiger partial charge in [-0.3, -0.25) is 9.80 Å². The van der Waals surface area contributed by atoms with Gasteiger partial charge in [-0.25, -0.2) is 0 Å². The van der Waals surface area contributed by atoms with Crippen molar-refractivity contribution >= 4 is 0 Å². The number of hydrogen-bond donors (Lipinski definition) is 0. The number of fused-ring (bicyclic) bond motifs is 1. The van der Waals surface area contributed by atoms with Crippen molar-refractivity contribution < 1.29 is 0 Å². The molecule has 1 atom stereocenters. The van der Waals surface area contributed by atoms with Crippen molar-refractivity contribution in [1.29, 1.82) is 0 Å². The fourth-order valence-electron chi connectivity index (χ4n) is 3.74. The summed E-state index contributed by atoms with van der Waals surface area (Å²) in [4.78, 5) is 5.44. The van der Waals surface area contributed by atoms with E-state index < -0.39 is 0 Å². The van der Waals surface area contributed by atoms with Crippen LogP contribution in [0.1, 0.15) is 59.3 Å². The zero-order valence-electron chi connectivity index (χ0n) is 12.7. The van der Waals surface area contributed by atoms with Crippen LogP contribution < -0.4 is 0 Å². The van der Waals surface area contributed by atoms with E-state index in [1.54, 1.807) is 0 Å². The van der Waals surface area contributed by atoms with Crippen molar-refractivity contribution in [3.05, 3.63) is 0 Å². The molecule has 2 aliphatic heterocycles. The van der Waals surface area contributed by atoms with Gasteiger partial charge in [-0.15, -0.1) is 0 Å². The van der Waals surface area contributed by atoms with Gasteiger partial charge >= 0.3 is 0 Å². The van der Waals surface area contributed by atoms with Crippen LogP contribution in [0.25, 0.3) is 0 Å². The molecule has 18 heavy (non-hydrogen) atoms. The highest BCUT2D eigenvalue weighted by molar-refractivity contribution is 4.88. The summed E-state index contributed by atoms with van der Waals surface area (Å²) in [5, 5.41) is 0. The van der Waals surface area contributed by atoms with Gasteiger partial charge in [0.05, 0.1) is 0 Å². The van der Waals surface area contributed by atoms with Crippen molar-refractivity contribution in [3.63, 3.8) is 0 Å². The largest absolute Gasteiger partial charge is 0.300 e. The standard InChI is InChI=1S/C16H32N2/c1-4-5-6-9-16(2,3)14-17-11-12-18-10-7-8-15(18)13-17/h15H,4-14H2,1-3H3. The Hall–Kier alpha value is -0.0800. The van der Waals surface area contributed by atoms with E-state index in [1.807, 2.05) is 0 Å². The number of rotatable bonds is 6. The van der Waals surface area contributed by atoms with Gasteiger partial charge in [0.1, 0.15) is 0 Å². The highest BCUT2D eigenvalue weighted by atomic mass is 15.3. The Morgan fingerprint density at radius 2 is 1.94 bits per heavy atom. The average molecular weight is 252 g/mol. The lowest BCUT2D eigenvalue weighted by Gasteiger charge is -2.41. The molecule has 0 aliphatic carbocycles. The predicted octanol–water partition coefficient (Wildman–Crippen LogP) is 3.37. The van der Waals surface area contributed by atoms with Crippen LogP contribution in [0, 0.1) is 5.41 Å². The van der Waals surface area contributed by atoms with Gasteiger partial charge < -0.3 is 0 Å². The molecule has 0 saturated carbocycles. The number of piperazine rings is 1. The second kappa shape index (κ2) is 6.38. The summed E-state index contributed by atoms with van der Waals surface area (Å²) in [7, 11) is 0. The Kier molecular flexibility index (Phi) is 5.08. The topological polar surface area (TPSA) is 6.48 Å². The average Bonchev–Trinajstić information content (AvgIpc) is 2.75. The third-order valence-corrected chi connectivity index (χ3v) is 4.78. The Balaban J connectivity index is 1.74. The molecule has 0 spiro atoms. The van der Waals surface area contributed by atoms with Crippen molar-refractivity contribution in [1.82, 2.24) is 9.80 Å². The first-order chi connectivity index (χ1) is 8.61. The molecular formula is C16H32N2. The molecule has 0 N–H and O–H groups in total. The quantitative estimate of drug-likeness (QED) is 0.669. The number of unbranched alkanes of at least 4 members (excludes halogenated alkanes) is 2. The monoisotopic (exact) mass is 252 g/mol. The molecule has 0 radical (unpaired) electrons. The first kappa shape index (κ1) is 14.3. The van der Waals surface area contributed by atoms with E-state index in [-0.39, 0.29) is 0 Å². The fourth-order valence-corrected chi connectivity index (χ4v) is 3.74. The molecule has 106 valence electrons. The van der Waals surface area contributed by atoms with Crippen molar-refractivity contribution in [3.8, 4) is 0 Å². The van der Waals surface area contributed by atoms with Gasteiger partial charge in [0.2, 0.25) is 0 Å². The second-order valence-corrected chi connectivity index (χ2v) is 7.19. The lowest BCUT2D eigenvalue weighted by atomic mass is 9.86. The first-order valence-electron chi connectivity index (χ1n) is 8.07. The molecule has 2 nitrogen and oxygen atoms in total. The van der Waals surface area contributed by atoms with Crippen molar-refractivity contribution in [2.45, 2.75) is 65.3 Å². The summed E-state index contributed by atoms with van der Waals surface area (Å²) in [6.45, 7) is 13.8. The molecule has 0 bridgehead atoms. The van der Waals surface area contributed by atoms with E-state index in [0.29, 0.717) is 5.41 Å². The molecule has 2 heteroatoms. The van der Waals surface area contributed by atoms with Gasteiger partial charge in [0.25, 0.3) is 0 Å². The minimum atomic E-state index is 0.510. The van der Waals surface area contributed by atoms with E-state index in [2.05, 4.69) is 30.6 Å². The van der Waals surface area contributed by atoms with Crippen molar-refractivity contribution in [2.75, 3.05) is 32.7 Å². The summed E-state index contributed by atoms with van der Waals surface area (Å²) in [5.74, 6) is 0. The fraction of sp³-hybridized carbons (Fsp3) is 1.00. The molecule has 0 aromatic heterocycles. The third kappa shape index (κ3) is 3.96. The first-order valence-corrected chi connectivity index (χ1v) is 8.07. The molecule has 2 fully saturated rings. The van der Waals surface area contributed by atoms with Gasteiger partial charge in [0.15, 0.2) is 0 Å². The molecule has 1 unspecified atom stereocenters. The highest BCUT2D eigenvalue weighted by Crippen LogP contribution is 2.28. The second-order valence-electron chi connectivity index (χ2n) is 7.19. The van der Waals surface area contributed by atoms with Gasteiger partial charge in [-0.2, -0.15) is 0 Å². The normalized spacial score (nSPS) is 26.5. The van der Waals surface area contributed by atoms with Crippen LogP contribution in [0.3, 0.4) is 0 Å². The molecule has 2 saturated heterocycles. The minimum absolute atomic E-state index is 0.510. The summed E-state index contributed by atoms with van der Waals surface area (Å²) >= 11 is 0. The van der Waals surface area contributed by atoms with E-state index in [9.17, 15) is 0 Å². The zero-order chi connectivity index (χ0) is 13.0. The maximum atomic E-state index is 2.73. The van der Waals surface area contributed by atoms with Crippen LogP contribution in [-0.4, -0.2) is 48.6 Å². The molecule has 0 amide bonds. The highest BCUT2D eigenvalue weighted by Gasteiger charge is 2.32. The van der Waals surface area contributed by atoms with Gasteiger partial charge in [-0.1, -0.05) is 40.0 Å². The number of hydrogen-bond acceptors (Lipinski definition) is 2. The molecular weight excluding hydrogens is 220 g/mol. The van der Waals surface area contributed by atoms with Gasteiger partial charge in [-0.05, 0) is 31.2 Å². The summed E-state index contributed by atoms with van der Waals surface area (Å²) in [5.41, 5.74) is 0.510. The SMILES string of the molecule is CCCCCC(C)(C)CN1CCN2CCCC2C1. The minimum Gasteiger partial charge on any atom is -0.300 e. The molecule has 2 aliphatic rings. The Labute approximate surface area is 114 Å². The number of nitrogens with zero attached hydrogens (tertiary/aromatic N) is 2. The van der Waals surface area contributed by atoms with Crippen LogP contribution in [0.15, 0.2) is 0 Å². The lowest BCUT2D eigenvalue weighted by Crippen LogP contribution is -2.52. The van der Waals surface area contributed by atoms with Crippen LogP contribution in [-0.2, 0) is 0 Å². The summed E-state index contributed by atoms with van der Waals surface area (Å²) in [6, 6.07) is 0.880. The zero-order valence-corrected chi connectivity index (χ0v) is 12.7. The Bertz CT molecular complexity index is 249. The molecule has 0 aromatic carbocycles. The van der Waals surface area contributed by atoms with E-state index >= 15 is 0 Å². The molecule has 2 heterocycles. The van der Waals surface area contributed by atoms with E-state index in [1.165, 1.54) is 71.2 Å². The van der Waals surface area contributed by atoms with Gasteiger partial charge in [0, 0.05) is 32.2 Å². The van der Waals surface area contributed by atoms with Crippen LogP contribution in [0.5, 0.6) is 0 Å². The Morgan fingerprint density at radius 1 is 1.11 bits per heavy atom. The predicted molar refractivity (Wildman–Crippen MR) is 79.0 cm³/mol. The molecule has 0 aromatic rings. The summed E-state index contributed by atoms with van der Waals surface area (Å²) in [6.07, 6.45) is 8.42. The smallest absolute Gasteiger partial charge is 0.0224 e. The molecule has 2 rings (SSSR count). The maximum absolute atomic E-state index is 2.73. The Morgan fingerprint density at radius 3 is 2.72 bits per heavy atom. The van der Waals surface area contributed by atoms with Crippen LogP contribution >= 0.6 is 0 Å². The van der Waals surface area contributed by atoms with E-state index in [0.717, 1.165) is 6.04 Å². The summed E-state index contributed by atoms with van der Waals surface area (Å²) < 4.78 is 0. The maximum Gasteiger partial charge on any atom is 0.0224 e. The van der Waals surface area contributed by atoms with Crippen molar-refractivity contribution in [2.24, 2.45) is 5.41 Å². The third-order valence-electron chi connectivity index (χ3n) is 4.78. The van der Waals surface area contributed by atoms with E-state index in [4.69, 9.17) is 0 Å². The lowest BCUT2D eigenvalue weighted by molar-refractivity contribution is 0.0711. The van der Waals surface area contributed by atoms with Crippen LogP contribution in [0.4, 0.5) is 0 Å². The van der Waals surface area contributed by atoms with Crippen LogP contribution in [0.2, 0.25) is 0 Å².